The Labute approximate surface area is 243 Å². The van der Waals surface area contributed by atoms with Crippen LogP contribution in [0.4, 0.5) is 0 Å². The van der Waals surface area contributed by atoms with Crippen molar-refractivity contribution in [2.75, 3.05) is 18.5 Å². The topological polar surface area (TPSA) is 57.5 Å². The van der Waals surface area contributed by atoms with Gasteiger partial charge >= 0.3 is 244 Å². The molecule has 0 spiro atoms. The molecule has 1 aromatic rings. The molecule has 0 aliphatic carbocycles. The minimum absolute atomic E-state index is 0.214. The number of carboxylic acids is 1. The maximum absolute atomic E-state index is 11.4. The molecule has 0 saturated heterocycles. The van der Waals surface area contributed by atoms with Gasteiger partial charge in [-0.1, -0.05) is 0 Å². The summed E-state index contributed by atoms with van der Waals surface area (Å²) in [5, 5.41) is 21.9. The van der Waals surface area contributed by atoms with Crippen LogP contribution in [0.25, 0.3) is 0 Å². The van der Waals surface area contributed by atoms with Crippen molar-refractivity contribution in [2.45, 2.75) is 163 Å². The molecule has 4 heteroatoms. The molecule has 0 radical (unpaired) electrons. The van der Waals surface area contributed by atoms with Gasteiger partial charge in [-0.05, 0) is 0 Å². The van der Waals surface area contributed by atoms with Crippen molar-refractivity contribution in [3.05, 3.63) is 23.3 Å². The summed E-state index contributed by atoms with van der Waals surface area (Å²) in [4.78, 5) is 11.2. The number of rotatable bonds is 26. The van der Waals surface area contributed by atoms with E-state index in [1.165, 1.54) is 145 Å². The van der Waals surface area contributed by atoms with Crippen LogP contribution in [0.3, 0.4) is 0 Å². The second-order valence-corrected chi connectivity index (χ2v) is 17.0. The van der Waals surface area contributed by atoms with Gasteiger partial charge in [-0.25, -0.2) is 0 Å². The average molecular weight is 565 g/mol. The summed E-state index contributed by atoms with van der Waals surface area (Å²) in [6, 6.07) is 4.36. The molecule has 0 aliphatic rings. The van der Waals surface area contributed by atoms with E-state index in [1.807, 2.05) is 6.07 Å². The third kappa shape index (κ3) is 15.5. The van der Waals surface area contributed by atoms with Gasteiger partial charge in [-0.15, -0.1) is 0 Å². The molecule has 0 saturated carbocycles. The molecule has 1 aromatic carbocycles. The molecule has 0 amide bonds. The van der Waals surface area contributed by atoms with E-state index in [0.717, 1.165) is 12.0 Å². The van der Waals surface area contributed by atoms with E-state index >= 15 is 0 Å². The maximum atomic E-state index is 11.4. The van der Waals surface area contributed by atoms with E-state index in [0.29, 0.717) is 12.2 Å². The van der Waals surface area contributed by atoms with Crippen LogP contribution in [0.1, 0.15) is 160 Å². The van der Waals surface area contributed by atoms with Gasteiger partial charge in [-0.2, -0.15) is 0 Å². The Hall–Kier alpha value is -1.08. The Morgan fingerprint density at radius 2 is 1.05 bits per heavy atom. The summed E-state index contributed by atoms with van der Waals surface area (Å²) in [6.07, 6.45) is 29.4. The third-order valence-electron chi connectivity index (χ3n) is 8.89. The van der Waals surface area contributed by atoms with Crippen LogP contribution in [-0.4, -0.2) is 34.7 Å². The molecule has 0 aromatic heterocycles. The van der Waals surface area contributed by atoms with Crippen molar-refractivity contribution in [3.63, 3.8) is 0 Å². The summed E-state index contributed by atoms with van der Waals surface area (Å²) in [6.45, 7) is 8.94. The molecule has 39 heavy (non-hydrogen) atoms. The fourth-order valence-corrected chi connectivity index (χ4v) is 11.8. The Balaban J connectivity index is 3.19. The van der Waals surface area contributed by atoms with E-state index < -0.39 is 13.2 Å². The van der Waals surface area contributed by atoms with E-state index in [9.17, 15) is 15.0 Å². The predicted octanol–water partition coefficient (Wildman–Crippen LogP) is 10.6. The summed E-state index contributed by atoms with van der Waals surface area (Å²) in [5.74, 6) is -0.186. The van der Waals surface area contributed by atoms with Crippen molar-refractivity contribution in [2.24, 2.45) is 0 Å². The Morgan fingerprint density at radius 1 is 0.641 bits per heavy atom. The number of phenolic OH excluding ortho intramolecular Hbond substituents is 1. The fraction of sp³-hybridized carbons (Fsp3) is 0.800. The normalized spacial score (nSPS) is 12.2. The van der Waals surface area contributed by atoms with Crippen LogP contribution in [0.15, 0.2) is 12.1 Å². The molecular formula is C35H65O3P. The molecule has 0 atom stereocenters. The summed E-state index contributed by atoms with van der Waals surface area (Å²) in [7, 11) is -1.90. The molecule has 0 aliphatic heterocycles. The van der Waals surface area contributed by atoms with E-state index in [1.54, 1.807) is 0 Å². The van der Waals surface area contributed by atoms with Gasteiger partial charge in [0.15, 0.2) is 0 Å². The number of aromatic hydroxyl groups is 1. The number of phenols is 1. The first-order valence-electron chi connectivity index (χ1n) is 16.9. The zero-order valence-electron chi connectivity index (χ0n) is 26.4. The first kappa shape index (κ1) is 35.9. The molecule has 228 valence electrons. The second-order valence-electron chi connectivity index (χ2n) is 12.4. The number of aliphatic carboxylic acids is 1. The van der Waals surface area contributed by atoms with Gasteiger partial charge in [-0.3, -0.25) is 0 Å². The summed E-state index contributed by atoms with van der Waals surface area (Å²) in [5.41, 5.74) is 2.37. The SMILES string of the molecule is CCCCCCCC[PH](CCCCCCCC)(CCCCCCCC)c1cc(CCCC(=O)O)c(C)cc1O. The van der Waals surface area contributed by atoms with Crippen molar-refractivity contribution < 1.29 is 15.0 Å². The van der Waals surface area contributed by atoms with Crippen LogP contribution in [0.5, 0.6) is 5.75 Å². The Morgan fingerprint density at radius 3 is 1.46 bits per heavy atom. The molecule has 3 nitrogen and oxygen atoms in total. The zero-order valence-corrected chi connectivity index (χ0v) is 27.4. The molecular weight excluding hydrogens is 499 g/mol. The average Bonchev–Trinajstić information content (AvgIpc) is 2.90. The van der Waals surface area contributed by atoms with Crippen LogP contribution in [0.2, 0.25) is 0 Å². The molecule has 0 unspecified atom stereocenters. The first-order valence-corrected chi connectivity index (χ1v) is 19.6. The first-order chi connectivity index (χ1) is 18.9. The number of carboxylic acid groups (broad SMARTS) is 1. The number of unbranched alkanes of at least 4 members (excludes halogenated alkanes) is 15. The summed E-state index contributed by atoms with van der Waals surface area (Å²) < 4.78 is 0. The number of hydrogen-bond donors (Lipinski definition) is 2. The van der Waals surface area contributed by atoms with Crippen molar-refractivity contribution in [1.82, 2.24) is 0 Å². The van der Waals surface area contributed by atoms with Crippen LogP contribution in [0, 0.1) is 6.92 Å². The van der Waals surface area contributed by atoms with Gasteiger partial charge < -0.3 is 0 Å². The summed E-state index contributed by atoms with van der Waals surface area (Å²) >= 11 is 0. The van der Waals surface area contributed by atoms with Gasteiger partial charge in [0.1, 0.15) is 0 Å². The van der Waals surface area contributed by atoms with Crippen molar-refractivity contribution in [3.8, 4) is 5.75 Å². The molecule has 0 bridgehead atoms. The quantitative estimate of drug-likeness (QED) is 0.0869. The van der Waals surface area contributed by atoms with Crippen molar-refractivity contribution >= 4 is 18.5 Å². The van der Waals surface area contributed by atoms with Crippen LogP contribution >= 0.6 is 7.26 Å². The second kappa shape index (κ2) is 22.6. The number of carbonyl (C=O) groups is 1. The van der Waals surface area contributed by atoms with E-state index in [2.05, 4.69) is 33.8 Å². The molecule has 2 N–H and O–H groups in total. The van der Waals surface area contributed by atoms with Crippen molar-refractivity contribution in [1.29, 1.82) is 0 Å². The standard InChI is InChI=1S/C35H65O3P/c1-5-8-11-14-17-20-26-39(27-21-18-15-12-9-6-2,28-22-19-16-13-10-7-3)34-30-32(24-23-25-35(37)38)31(4)29-33(34)36/h29-30,36,39H,5-28H2,1-4H3,(H,37,38). The van der Waals surface area contributed by atoms with Gasteiger partial charge in [0, 0.05) is 0 Å². The third-order valence-corrected chi connectivity index (χ3v) is 14.4. The predicted molar refractivity (Wildman–Crippen MR) is 176 cm³/mol. The minimum atomic E-state index is -1.90. The Kier molecular flexibility index (Phi) is 20.8. The van der Waals surface area contributed by atoms with E-state index in [-0.39, 0.29) is 6.42 Å². The number of benzene rings is 1. The van der Waals surface area contributed by atoms with Crippen LogP contribution < -0.4 is 5.30 Å². The monoisotopic (exact) mass is 564 g/mol. The molecule has 1 rings (SSSR count). The zero-order chi connectivity index (χ0) is 28.8. The molecule has 0 fully saturated rings. The Bertz CT molecular complexity index is 720. The van der Waals surface area contributed by atoms with Gasteiger partial charge in [0.05, 0.1) is 0 Å². The van der Waals surface area contributed by atoms with Crippen LogP contribution in [-0.2, 0) is 11.2 Å². The van der Waals surface area contributed by atoms with E-state index in [4.69, 9.17) is 0 Å². The molecule has 0 heterocycles. The fourth-order valence-electron chi connectivity index (χ4n) is 6.37. The number of hydrogen-bond acceptors (Lipinski definition) is 2. The van der Waals surface area contributed by atoms with Gasteiger partial charge in [0.2, 0.25) is 0 Å². The number of aryl methyl sites for hydroxylation is 2. The van der Waals surface area contributed by atoms with Gasteiger partial charge in [0.25, 0.3) is 0 Å².